The summed E-state index contributed by atoms with van der Waals surface area (Å²) >= 11 is 0. The molecule has 1 aromatic carbocycles. The van der Waals surface area contributed by atoms with Crippen molar-refractivity contribution in [1.29, 1.82) is 0 Å². The van der Waals surface area contributed by atoms with Crippen LogP contribution in [0.15, 0.2) is 36.4 Å². The second-order valence-electron chi connectivity index (χ2n) is 6.21. The van der Waals surface area contributed by atoms with Gasteiger partial charge in [-0.3, -0.25) is 9.59 Å². The standard InChI is InChI=1S/C16H12F3NO4/c17-16(18,19)8-2-1-3-9(6-8)20-7-15-5-4-10(24-15)11(14(22)23)12(15)13(20)21/h1-6,10-12H,7H2,(H,22,23)/t10-,11-,12+,15+/m0/s1. The van der Waals surface area contributed by atoms with Gasteiger partial charge in [0, 0.05) is 5.69 Å². The average Bonchev–Trinajstić information content (AvgIpc) is 3.15. The molecule has 0 radical (unpaired) electrons. The van der Waals surface area contributed by atoms with Crippen molar-refractivity contribution >= 4 is 17.6 Å². The quantitative estimate of drug-likeness (QED) is 0.838. The van der Waals surface area contributed by atoms with E-state index in [1.165, 1.54) is 17.0 Å². The number of halogens is 3. The number of rotatable bonds is 2. The highest BCUT2D eigenvalue weighted by Crippen LogP contribution is 2.52. The first-order valence-corrected chi connectivity index (χ1v) is 7.32. The second kappa shape index (κ2) is 4.60. The van der Waals surface area contributed by atoms with Gasteiger partial charge in [0.15, 0.2) is 0 Å². The molecule has 2 bridgehead atoms. The van der Waals surface area contributed by atoms with Crippen LogP contribution in [-0.4, -0.2) is 35.2 Å². The lowest BCUT2D eigenvalue weighted by molar-refractivity contribution is -0.146. The molecule has 3 aliphatic rings. The highest BCUT2D eigenvalue weighted by atomic mass is 19.4. The van der Waals surface area contributed by atoms with Crippen LogP contribution < -0.4 is 4.90 Å². The fourth-order valence-electron chi connectivity index (χ4n) is 3.85. The number of nitrogens with zero attached hydrogens (tertiary/aromatic N) is 1. The topological polar surface area (TPSA) is 66.8 Å². The van der Waals surface area contributed by atoms with E-state index in [4.69, 9.17) is 4.74 Å². The molecular formula is C16H12F3NO4. The van der Waals surface area contributed by atoms with Crippen molar-refractivity contribution in [3.8, 4) is 0 Å². The Labute approximate surface area is 134 Å². The molecule has 1 N–H and O–H groups in total. The van der Waals surface area contributed by atoms with Crippen molar-refractivity contribution in [3.05, 3.63) is 42.0 Å². The number of carbonyl (C=O) groups is 2. The molecule has 0 unspecified atom stereocenters. The summed E-state index contributed by atoms with van der Waals surface area (Å²) in [6, 6.07) is 4.43. The smallest absolute Gasteiger partial charge is 0.416 e. The van der Waals surface area contributed by atoms with Crippen molar-refractivity contribution in [2.24, 2.45) is 11.8 Å². The van der Waals surface area contributed by atoms with E-state index in [0.29, 0.717) is 0 Å². The van der Waals surface area contributed by atoms with E-state index in [2.05, 4.69) is 0 Å². The zero-order valence-corrected chi connectivity index (χ0v) is 12.2. The summed E-state index contributed by atoms with van der Waals surface area (Å²) in [6.07, 6.45) is -1.92. The van der Waals surface area contributed by atoms with Crippen LogP contribution in [-0.2, 0) is 20.5 Å². The van der Waals surface area contributed by atoms with Crippen LogP contribution in [0.25, 0.3) is 0 Å². The highest BCUT2D eigenvalue weighted by Gasteiger charge is 2.67. The van der Waals surface area contributed by atoms with Crippen molar-refractivity contribution in [1.82, 2.24) is 0 Å². The van der Waals surface area contributed by atoms with E-state index in [-0.39, 0.29) is 12.2 Å². The molecule has 5 nitrogen and oxygen atoms in total. The first-order valence-electron chi connectivity index (χ1n) is 7.32. The molecule has 0 saturated carbocycles. The number of aliphatic carboxylic acids is 1. The van der Waals surface area contributed by atoms with Gasteiger partial charge in [0.2, 0.25) is 5.91 Å². The molecule has 4 atom stereocenters. The minimum atomic E-state index is -4.52. The minimum absolute atomic E-state index is 0.00852. The van der Waals surface area contributed by atoms with Gasteiger partial charge in [-0.1, -0.05) is 18.2 Å². The molecule has 8 heteroatoms. The summed E-state index contributed by atoms with van der Waals surface area (Å²) in [7, 11) is 0. The molecule has 3 aliphatic heterocycles. The van der Waals surface area contributed by atoms with Gasteiger partial charge >= 0.3 is 12.1 Å². The lowest BCUT2D eigenvalue weighted by atomic mass is 9.77. The number of ether oxygens (including phenoxy) is 1. The van der Waals surface area contributed by atoms with Gasteiger partial charge in [0.25, 0.3) is 0 Å². The van der Waals surface area contributed by atoms with Gasteiger partial charge in [-0.25, -0.2) is 0 Å². The fraction of sp³-hybridized carbons (Fsp3) is 0.375. The zero-order valence-electron chi connectivity index (χ0n) is 12.2. The third kappa shape index (κ3) is 1.92. The van der Waals surface area contributed by atoms with Crippen LogP contribution in [0, 0.1) is 11.8 Å². The van der Waals surface area contributed by atoms with Crippen LogP contribution in [0.4, 0.5) is 18.9 Å². The maximum atomic E-state index is 12.9. The average molecular weight is 339 g/mol. The van der Waals surface area contributed by atoms with Crippen molar-refractivity contribution < 1.29 is 32.6 Å². The Morgan fingerprint density at radius 3 is 2.79 bits per heavy atom. The van der Waals surface area contributed by atoms with Gasteiger partial charge in [-0.15, -0.1) is 0 Å². The number of hydrogen-bond donors (Lipinski definition) is 1. The zero-order chi connectivity index (χ0) is 17.3. The van der Waals surface area contributed by atoms with Crippen LogP contribution in [0.3, 0.4) is 0 Å². The molecule has 2 saturated heterocycles. The van der Waals surface area contributed by atoms with E-state index in [1.807, 2.05) is 0 Å². The molecule has 4 rings (SSSR count). The van der Waals surface area contributed by atoms with E-state index in [9.17, 15) is 27.9 Å². The van der Waals surface area contributed by atoms with Crippen molar-refractivity contribution in [3.63, 3.8) is 0 Å². The Hall–Kier alpha value is -2.35. The number of hydrogen-bond acceptors (Lipinski definition) is 3. The Kier molecular flexibility index (Phi) is 2.91. The van der Waals surface area contributed by atoms with Crippen LogP contribution in [0.1, 0.15) is 5.56 Å². The molecule has 2 fully saturated rings. The summed E-state index contributed by atoms with van der Waals surface area (Å²) in [5, 5.41) is 9.37. The Balaban J connectivity index is 1.72. The summed E-state index contributed by atoms with van der Waals surface area (Å²) in [6.45, 7) is 0.00852. The predicted molar refractivity (Wildman–Crippen MR) is 75.2 cm³/mol. The maximum Gasteiger partial charge on any atom is 0.416 e. The summed E-state index contributed by atoms with van der Waals surface area (Å²) in [5.74, 6) is -3.60. The SMILES string of the molecule is O=C(O)[C@H]1[C@@H]2C=C[C@]3(CN(c4cccc(C(F)(F)F)c4)C(=O)[C@@H]13)O2. The summed E-state index contributed by atoms with van der Waals surface area (Å²) in [4.78, 5) is 25.4. The molecule has 1 amide bonds. The lowest BCUT2D eigenvalue weighted by Crippen LogP contribution is -2.39. The molecule has 126 valence electrons. The number of fused-ring (bicyclic) bond motifs is 1. The number of anilines is 1. The van der Waals surface area contributed by atoms with E-state index < -0.39 is 47.2 Å². The van der Waals surface area contributed by atoms with E-state index in [0.717, 1.165) is 12.1 Å². The van der Waals surface area contributed by atoms with Crippen LogP contribution in [0.5, 0.6) is 0 Å². The Morgan fingerprint density at radius 1 is 1.38 bits per heavy atom. The molecule has 3 heterocycles. The van der Waals surface area contributed by atoms with E-state index >= 15 is 0 Å². The third-order valence-electron chi connectivity index (χ3n) is 4.87. The summed E-state index contributed by atoms with van der Waals surface area (Å²) < 4.78 is 44.3. The Morgan fingerprint density at radius 2 is 2.12 bits per heavy atom. The molecular weight excluding hydrogens is 327 g/mol. The molecule has 0 aliphatic carbocycles. The van der Waals surface area contributed by atoms with Gasteiger partial charge in [0.05, 0.1) is 24.1 Å². The van der Waals surface area contributed by atoms with Gasteiger partial charge in [0.1, 0.15) is 11.5 Å². The van der Waals surface area contributed by atoms with Crippen LogP contribution in [0.2, 0.25) is 0 Å². The number of carboxylic acid groups (broad SMARTS) is 1. The van der Waals surface area contributed by atoms with Crippen molar-refractivity contribution in [2.75, 3.05) is 11.4 Å². The number of alkyl halides is 3. The normalized spacial score (nSPS) is 34.0. The second-order valence-corrected chi connectivity index (χ2v) is 6.21. The predicted octanol–water partition coefficient (Wildman–Crippen LogP) is 2.08. The molecule has 1 aromatic rings. The monoisotopic (exact) mass is 339 g/mol. The van der Waals surface area contributed by atoms with Gasteiger partial charge < -0.3 is 14.7 Å². The highest BCUT2D eigenvalue weighted by molar-refractivity contribution is 6.02. The third-order valence-corrected chi connectivity index (χ3v) is 4.87. The lowest BCUT2D eigenvalue weighted by Gasteiger charge is -2.22. The van der Waals surface area contributed by atoms with Gasteiger partial charge in [-0.05, 0) is 18.2 Å². The molecule has 1 spiro atoms. The molecule has 24 heavy (non-hydrogen) atoms. The van der Waals surface area contributed by atoms with E-state index in [1.54, 1.807) is 12.2 Å². The minimum Gasteiger partial charge on any atom is -0.481 e. The number of benzene rings is 1. The van der Waals surface area contributed by atoms with Crippen LogP contribution >= 0.6 is 0 Å². The van der Waals surface area contributed by atoms with Gasteiger partial charge in [-0.2, -0.15) is 13.2 Å². The number of carbonyl (C=O) groups excluding carboxylic acids is 1. The van der Waals surface area contributed by atoms with Crippen molar-refractivity contribution in [2.45, 2.75) is 17.9 Å². The maximum absolute atomic E-state index is 12.9. The Bertz CT molecular complexity index is 775. The largest absolute Gasteiger partial charge is 0.481 e. The number of carboxylic acids is 1. The first kappa shape index (κ1) is 15.2. The fourth-order valence-corrected chi connectivity index (χ4v) is 3.85. The molecule has 0 aromatic heterocycles. The first-order chi connectivity index (χ1) is 11.2. The number of amides is 1. The summed E-state index contributed by atoms with van der Waals surface area (Å²) in [5.41, 5.74) is -1.85.